The predicted octanol–water partition coefficient (Wildman–Crippen LogP) is 7.65. The number of sulfone groups is 1. The van der Waals surface area contributed by atoms with Crippen molar-refractivity contribution in [1.29, 1.82) is 0 Å². The zero-order valence-electron chi connectivity index (χ0n) is 56.2. The van der Waals surface area contributed by atoms with E-state index in [1.54, 1.807) is 27.8 Å². The Bertz CT molecular complexity index is 5190. The first-order chi connectivity index (χ1) is 48.7. The largest absolute Gasteiger partial charge is 0.481 e. The van der Waals surface area contributed by atoms with E-state index in [0.717, 1.165) is 91.7 Å². The van der Waals surface area contributed by atoms with E-state index >= 15 is 0 Å². The highest BCUT2D eigenvalue weighted by Gasteiger charge is 2.35. The molecule has 0 radical (unpaired) electrons. The molecule has 0 aliphatic rings. The van der Waals surface area contributed by atoms with E-state index in [9.17, 15) is 84.0 Å². The van der Waals surface area contributed by atoms with Crippen molar-refractivity contribution in [2.45, 2.75) is 80.2 Å². The molecule has 5 heterocycles. The minimum Gasteiger partial charge on any atom is -0.481 e. The zero-order chi connectivity index (χ0) is 77.4. The summed E-state index contributed by atoms with van der Waals surface area (Å²) in [4.78, 5) is 78.4. The van der Waals surface area contributed by atoms with Crippen molar-refractivity contribution < 1.29 is 108 Å². The molecule has 32 nitrogen and oxygen atoms in total. The highest BCUT2D eigenvalue weighted by atomic mass is 35.5. The molecule has 1 atom stereocenters. The smallest absolute Gasteiger partial charge is 0.416 e. The molecule has 43 heteroatoms. The van der Waals surface area contributed by atoms with Gasteiger partial charge in [0.1, 0.15) is 39.0 Å². The number of ketones is 1. The summed E-state index contributed by atoms with van der Waals surface area (Å²) in [5.74, 6) is -5.24. The molecule has 5 N–H and O–H groups in total. The Kier molecular flexibility index (Phi) is 27.8. The van der Waals surface area contributed by atoms with Gasteiger partial charge in [-0.1, -0.05) is 43.5 Å². The van der Waals surface area contributed by atoms with E-state index in [1.807, 2.05) is 19.1 Å². The number of unbranched alkanes of at least 4 members (excludes halogenated alkanes) is 2. The number of nitrogens with one attached hydrogen (secondary N) is 5. The fraction of sp³-hybridized carbons (Fsp3) is 0.295. The number of sulfonamides is 3. The van der Waals surface area contributed by atoms with Crippen LogP contribution in [0.4, 0.5) is 42.8 Å². The number of hydrogen-bond donors (Lipinski definition) is 5. The van der Waals surface area contributed by atoms with E-state index < -0.39 is 124 Å². The van der Waals surface area contributed by atoms with Crippen molar-refractivity contribution in [3.63, 3.8) is 0 Å². The van der Waals surface area contributed by atoms with Crippen LogP contribution in [0.25, 0.3) is 16.6 Å². The Labute approximate surface area is 593 Å². The maximum atomic E-state index is 13.7. The van der Waals surface area contributed by atoms with E-state index in [4.69, 9.17) is 35.3 Å². The number of carbonyl (C=O) groups excluding carboxylic acids is 4. The molecule has 0 bridgehead atoms. The van der Waals surface area contributed by atoms with Crippen LogP contribution < -0.4 is 44.0 Å². The van der Waals surface area contributed by atoms with Crippen molar-refractivity contribution >= 4 is 103 Å². The van der Waals surface area contributed by atoms with Gasteiger partial charge in [0.05, 0.1) is 74.1 Å². The number of alkyl halides is 3. The van der Waals surface area contributed by atoms with Crippen LogP contribution in [0, 0.1) is 24.4 Å². The molecule has 5 aromatic heterocycles. The number of amides is 2. The van der Waals surface area contributed by atoms with Gasteiger partial charge in [0.25, 0.3) is 30.8 Å². The number of esters is 2. The summed E-state index contributed by atoms with van der Waals surface area (Å²) in [6, 6.07) is 15.1. The first-order valence-electron chi connectivity index (χ1n) is 29.6. The maximum absolute atomic E-state index is 13.7. The average Bonchev–Trinajstić information content (AvgIpc) is 1.52. The van der Waals surface area contributed by atoms with E-state index in [-0.39, 0.29) is 71.3 Å². The Morgan fingerprint density at radius 2 is 1.41 bits per heavy atom. The molecule has 0 fully saturated rings. The van der Waals surface area contributed by atoms with Crippen LogP contribution in [0.1, 0.15) is 82.6 Å². The van der Waals surface area contributed by atoms with Gasteiger partial charge in [-0.2, -0.15) is 41.1 Å². The Morgan fingerprint density at radius 1 is 0.760 bits per heavy atom. The highest BCUT2D eigenvalue weighted by Crippen LogP contribution is 2.34. The Hall–Kier alpha value is -10.6. The molecular formula is C61H64ClF6N13O19S4. The second-order valence-corrected chi connectivity index (χ2v) is 28.9. The number of aromatic nitrogens is 9. The number of rotatable bonds is 24. The number of anilines is 2. The number of pyridine rings is 1. The lowest BCUT2D eigenvalue weighted by Crippen LogP contribution is -2.35. The SMILES string of the molecule is CCCCCC(C)OC(=O)COc1ccc(Cl)c2cccnc12.COC(=O)c1ccc(CNS(C)(=O)=O)cc1S(=O)(=O)NC(=O)Nc1nc(OC)cc(OC)n1.COc1ncc(F)c2nc(S(=O)(=O)Nc3c(F)cccc3F)nn12.Cc1[nH]n(C)c(=O)c1C(=O)c1ccc(C(F)(F)F)cc1S(C)(=O)=O. The third-order valence-corrected chi connectivity index (χ3v) is 18.3. The fourth-order valence-electron chi connectivity index (χ4n) is 8.84. The lowest BCUT2D eigenvalue weighted by Gasteiger charge is -2.14. The van der Waals surface area contributed by atoms with Gasteiger partial charge in [0.15, 0.2) is 27.9 Å². The van der Waals surface area contributed by atoms with Gasteiger partial charge in [-0.15, -0.1) is 5.10 Å². The summed E-state index contributed by atoms with van der Waals surface area (Å²) < 4.78 is 213. The van der Waals surface area contributed by atoms with Gasteiger partial charge >= 0.3 is 30.2 Å². The summed E-state index contributed by atoms with van der Waals surface area (Å²) >= 11 is 6.13. The molecule has 0 saturated carbocycles. The first kappa shape index (κ1) is 82.4. The van der Waals surface area contributed by atoms with Crippen LogP contribution in [0.3, 0.4) is 0 Å². The minimum atomic E-state index is -4.76. The van der Waals surface area contributed by atoms with Gasteiger partial charge < -0.3 is 28.4 Å². The third kappa shape index (κ3) is 22.0. The van der Waals surface area contributed by atoms with Gasteiger partial charge in [-0.25, -0.2) is 67.2 Å². The third-order valence-electron chi connectivity index (χ3n) is 13.7. The number of methoxy groups -OCH3 is 4. The van der Waals surface area contributed by atoms with Gasteiger partial charge in [-0.05, 0) is 99.0 Å². The minimum absolute atomic E-state index is 0.0408. The van der Waals surface area contributed by atoms with Gasteiger partial charge in [-0.3, -0.25) is 34.4 Å². The normalized spacial score (nSPS) is 11.9. The summed E-state index contributed by atoms with van der Waals surface area (Å²) in [7, 11) is -10.7. The molecule has 560 valence electrons. The maximum Gasteiger partial charge on any atom is 0.416 e. The quantitative estimate of drug-likeness (QED) is 0.0168. The number of halogens is 7. The van der Waals surface area contributed by atoms with Crippen LogP contribution in [0.15, 0.2) is 117 Å². The number of aromatic amines is 1. The molecule has 9 aromatic rings. The van der Waals surface area contributed by atoms with Gasteiger partial charge in [0.2, 0.25) is 33.5 Å². The summed E-state index contributed by atoms with van der Waals surface area (Å²) in [6.45, 7) is 5.10. The van der Waals surface area contributed by atoms with Crippen LogP contribution >= 0.6 is 11.6 Å². The molecule has 0 saturated heterocycles. The summed E-state index contributed by atoms with van der Waals surface area (Å²) in [5.41, 5.74) is -3.41. The van der Waals surface area contributed by atoms with E-state index in [0.29, 0.717) is 39.2 Å². The Balaban J connectivity index is 0.000000220. The second kappa shape index (κ2) is 35.1. The molecule has 1 unspecified atom stereocenters. The number of carbonyl (C=O) groups is 4. The first-order valence-corrected chi connectivity index (χ1v) is 36.8. The van der Waals surface area contributed by atoms with Crippen molar-refractivity contribution in [3.8, 4) is 23.5 Å². The second-order valence-electron chi connectivity index (χ2n) is 21.5. The standard InChI is InChI=1S/C18H22ClNO3.C17H21N5O9S2.C14H13F3N2O4S.C12H8F3N5O3S/c1-3-4-5-7-13(2)23-17(21)12-22-16-10-9-15(19)14-8-6-11-20-18(14)16;1-29-13-8-14(30-2)20-16(19-13)21-17(24)22-33(27,28)12-7-10(9-18-32(4,25)26)5-6-11(12)15(23)31-3;1-7-11(13(21)19(2)18-7)12(20)9-5-4-8(14(15,16)17)6-10(9)24(3,22)23;1-23-12-16-5-8(15)10-17-11(18-20(10)12)24(21,22)19-9-6(13)3-2-4-7(9)14/h6,8-11,13H,3-5,7,12H2,1-2H3;5-8,18H,9H2,1-4H3,(H2,19,20,21,22,24);4-6,18H,1-3H3;2-5,19H,1H3. The van der Waals surface area contributed by atoms with Crippen LogP contribution in [0.5, 0.6) is 23.5 Å². The van der Waals surface area contributed by atoms with Crippen LogP contribution in [-0.4, -0.2) is 155 Å². The molecule has 104 heavy (non-hydrogen) atoms. The monoisotopic (exact) mass is 1560 g/mol. The Morgan fingerprint density at radius 3 is 1.99 bits per heavy atom. The molecule has 0 aliphatic carbocycles. The summed E-state index contributed by atoms with van der Waals surface area (Å²) in [5, 5.41) is 8.74. The molecule has 4 aromatic carbocycles. The average molecular weight is 1560 g/mol. The van der Waals surface area contributed by atoms with Crippen LogP contribution in [-0.2, 0) is 73.9 Å². The van der Waals surface area contributed by atoms with Crippen molar-refractivity contribution in [2.75, 3.05) is 57.6 Å². The number of aryl methyl sites for hydroxylation is 2. The molecular weight excluding hydrogens is 1500 g/mol. The molecule has 2 amide bonds. The highest BCUT2D eigenvalue weighted by molar-refractivity contribution is 7.92. The number of fused-ring (bicyclic) bond motifs is 2. The molecule has 0 spiro atoms. The summed E-state index contributed by atoms with van der Waals surface area (Å²) in [6.07, 6.45) is 3.46. The fourth-order valence-corrected chi connectivity index (χ4v) is 12.5. The number of hydrogen-bond acceptors (Lipinski definition) is 25. The molecule has 0 aliphatic heterocycles. The predicted molar refractivity (Wildman–Crippen MR) is 359 cm³/mol. The zero-order valence-corrected chi connectivity index (χ0v) is 60.2. The lowest BCUT2D eigenvalue weighted by molar-refractivity contribution is -0.151. The molecule has 9 rings (SSSR count). The van der Waals surface area contributed by atoms with Crippen molar-refractivity contribution in [3.05, 3.63) is 164 Å². The van der Waals surface area contributed by atoms with E-state index in [2.05, 4.69) is 56.8 Å². The number of ether oxygens (including phenoxy) is 6. The number of para-hydroxylation sites is 1. The number of H-pyrrole nitrogens is 1. The number of nitrogens with zero attached hydrogens (tertiary/aromatic N) is 8. The lowest BCUT2D eigenvalue weighted by atomic mass is 10.0. The van der Waals surface area contributed by atoms with Crippen molar-refractivity contribution in [2.24, 2.45) is 7.05 Å². The number of benzene rings is 4. The number of urea groups is 1. The van der Waals surface area contributed by atoms with Gasteiger partial charge in [0, 0.05) is 42.7 Å². The van der Waals surface area contributed by atoms with Crippen LogP contribution in [0.2, 0.25) is 5.02 Å². The van der Waals surface area contributed by atoms with Crippen molar-refractivity contribution in [1.82, 2.24) is 53.8 Å². The topological polar surface area (TPSA) is 428 Å². The van der Waals surface area contributed by atoms with E-state index in [1.165, 1.54) is 47.4 Å².